The second-order valence-electron chi connectivity index (χ2n) is 5.00. The summed E-state index contributed by atoms with van der Waals surface area (Å²) in [5.74, 6) is 0.304. The molecule has 0 aliphatic rings. The van der Waals surface area contributed by atoms with E-state index < -0.39 is 0 Å². The highest BCUT2D eigenvalue weighted by atomic mass is 35.5. The maximum Gasteiger partial charge on any atom is 0.254 e. The predicted molar refractivity (Wildman–Crippen MR) is 79.8 cm³/mol. The summed E-state index contributed by atoms with van der Waals surface area (Å²) in [7, 11) is 0. The molecule has 1 heterocycles. The SMILES string of the molecule is CCCCN(CC)C(=O)c1cc(Cl)nc(C(C)C)c1. The van der Waals surface area contributed by atoms with Gasteiger partial charge in [-0.15, -0.1) is 0 Å². The van der Waals surface area contributed by atoms with Crippen LogP contribution in [0.5, 0.6) is 0 Å². The lowest BCUT2D eigenvalue weighted by atomic mass is 10.1. The number of amides is 1. The van der Waals surface area contributed by atoms with Crippen molar-refractivity contribution in [1.29, 1.82) is 0 Å². The van der Waals surface area contributed by atoms with E-state index in [-0.39, 0.29) is 11.8 Å². The number of hydrogen-bond acceptors (Lipinski definition) is 2. The van der Waals surface area contributed by atoms with E-state index in [1.165, 1.54) is 0 Å². The van der Waals surface area contributed by atoms with Crippen LogP contribution in [-0.2, 0) is 0 Å². The molecule has 0 N–H and O–H groups in total. The molecule has 0 unspecified atom stereocenters. The molecule has 0 fully saturated rings. The molecule has 19 heavy (non-hydrogen) atoms. The van der Waals surface area contributed by atoms with Crippen molar-refractivity contribution in [2.75, 3.05) is 13.1 Å². The van der Waals surface area contributed by atoms with E-state index in [4.69, 9.17) is 11.6 Å². The molecule has 1 rings (SSSR count). The molecule has 3 nitrogen and oxygen atoms in total. The molecule has 0 aliphatic heterocycles. The molecule has 0 aromatic carbocycles. The Balaban J connectivity index is 2.97. The van der Waals surface area contributed by atoms with Crippen molar-refractivity contribution < 1.29 is 4.79 Å². The van der Waals surface area contributed by atoms with Crippen molar-refractivity contribution in [1.82, 2.24) is 9.88 Å². The summed E-state index contributed by atoms with van der Waals surface area (Å²) in [5.41, 5.74) is 1.50. The first kappa shape index (κ1) is 16.0. The van der Waals surface area contributed by atoms with Crippen LogP contribution in [0.4, 0.5) is 0 Å². The minimum absolute atomic E-state index is 0.0437. The van der Waals surface area contributed by atoms with Gasteiger partial charge in [0.05, 0.1) is 0 Å². The lowest BCUT2D eigenvalue weighted by Crippen LogP contribution is -2.31. The Kier molecular flexibility index (Phi) is 6.29. The standard InChI is InChI=1S/C15H23ClN2O/c1-5-7-8-18(6-2)15(19)12-9-13(11(3)4)17-14(16)10-12/h9-11H,5-8H2,1-4H3. The van der Waals surface area contributed by atoms with E-state index >= 15 is 0 Å². The summed E-state index contributed by atoms with van der Waals surface area (Å²) in [4.78, 5) is 18.6. The van der Waals surface area contributed by atoms with Gasteiger partial charge in [0.25, 0.3) is 5.91 Å². The Labute approximate surface area is 121 Å². The van der Waals surface area contributed by atoms with E-state index in [1.807, 2.05) is 31.7 Å². The monoisotopic (exact) mass is 282 g/mol. The van der Waals surface area contributed by atoms with Crippen LogP contribution in [-0.4, -0.2) is 28.9 Å². The van der Waals surface area contributed by atoms with Crippen molar-refractivity contribution in [3.63, 3.8) is 0 Å². The van der Waals surface area contributed by atoms with E-state index in [0.717, 1.165) is 31.6 Å². The number of carbonyl (C=O) groups excluding carboxylic acids is 1. The Bertz CT molecular complexity index is 432. The van der Waals surface area contributed by atoms with Gasteiger partial charge in [0.1, 0.15) is 5.15 Å². The first-order valence-corrected chi connectivity index (χ1v) is 7.34. The summed E-state index contributed by atoms with van der Waals surface area (Å²) in [5, 5.41) is 0.390. The third-order valence-electron chi connectivity index (χ3n) is 3.10. The van der Waals surface area contributed by atoms with Gasteiger partial charge < -0.3 is 4.90 Å². The third kappa shape index (κ3) is 4.50. The van der Waals surface area contributed by atoms with Crippen LogP contribution in [0.2, 0.25) is 5.15 Å². The fourth-order valence-corrected chi connectivity index (χ4v) is 2.09. The molecule has 0 bridgehead atoms. The normalized spacial score (nSPS) is 10.8. The van der Waals surface area contributed by atoms with Gasteiger partial charge in [-0.2, -0.15) is 0 Å². The third-order valence-corrected chi connectivity index (χ3v) is 3.30. The summed E-state index contributed by atoms with van der Waals surface area (Å²) >= 11 is 6.01. The number of carbonyl (C=O) groups is 1. The van der Waals surface area contributed by atoms with E-state index in [9.17, 15) is 4.79 Å². The molecule has 106 valence electrons. The lowest BCUT2D eigenvalue weighted by Gasteiger charge is -2.21. The molecule has 1 aromatic rings. The van der Waals surface area contributed by atoms with Crippen molar-refractivity contribution in [3.8, 4) is 0 Å². The fraction of sp³-hybridized carbons (Fsp3) is 0.600. The van der Waals surface area contributed by atoms with Crippen LogP contribution in [0.15, 0.2) is 12.1 Å². The smallest absolute Gasteiger partial charge is 0.254 e. The largest absolute Gasteiger partial charge is 0.339 e. The quantitative estimate of drug-likeness (QED) is 0.735. The Hall–Kier alpha value is -1.09. The average molecular weight is 283 g/mol. The molecule has 1 amide bonds. The topological polar surface area (TPSA) is 33.2 Å². The average Bonchev–Trinajstić information content (AvgIpc) is 2.38. The zero-order valence-corrected chi connectivity index (χ0v) is 13.0. The second kappa shape index (κ2) is 7.49. The van der Waals surface area contributed by atoms with E-state index in [2.05, 4.69) is 11.9 Å². The molecule has 0 radical (unpaired) electrons. The van der Waals surface area contributed by atoms with Gasteiger partial charge in [0.2, 0.25) is 0 Å². The Morgan fingerprint density at radius 3 is 2.58 bits per heavy atom. The van der Waals surface area contributed by atoms with Gasteiger partial charge in [-0.25, -0.2) is 4.98 Å². The second-order valence-corrected chi connectivity index (χ2v) is 5.38. The summed E-state index contributed by atoms with van der Waals surface area (Å²) in [6, 6.07) is 3.51. The van der Waals surface area contributed by atoms with Gasteiger partial charge >= 0.3 is 0 Å². The van der Waals surface area contributed by atoms with Crippen molar-refractivity contribution in [2.24, 2.45) is 0 Å². The lowest BCUT2D eigenvalue weighted by molar-refractivity contribution is 0.0762. The maximum atomic E-state index is 12.4. The van der Waals surface area contributed by atoms with E-state index in [0.29, 0.717) is 10.7 Å². The van der Waals surface area contributed by atoms with Crippen molar-refractivity contribution in [2.45, 2.75) is 46.5 Å². The van der Waals surface area contributed by atoms with Gasteiger partial charge in [-0.05, 0) is 31.4 Å². The van der Waals surface area contributed by atoms with Gasteiger partial charge in [-0.3, -0.25) is 4.79 Å². The first-order valence-electron chi connectivity index (χ1n) is 6.96. The number of halogens is 1. The van der Waals surface area contributed by atoms with Gasteiger partial charge in [-0.1, -0.05) is 38.8 Å². The number of aromatic nitrogens is 1. The minimum atomic E-state index is 0.0437. The summed E-state index contributed by atoms with van der Waals surface area (Å²) in [6.07, 6.45) is 2.10. The van der Waals surface area contributed by atoms with Crippen LogP contribution < -0.4 is 0 Å². The van der Waals surface area contributed by atoms with Crippen LogP contribution in [0.1, 0.15) is 62.5 Å². The number of unbranched alkanes of at least 4 members (excludes halogenated alkanes) is 1. The molecule has 1 aromatic heterocycles. The highest BCUT2D eigenvalue weighted by Gasteiger charge is 2.16. The van der Waals surface area contributed by atoms with Crippen LogP contribution >= 0.6 is 11.6 Å². The molecule has 4 heteroatoms. The zero-order valence-electron chi connectivity index (χ0n) is 12.2. The maximum absolute atomic E-state index is 12.4. The fourth-order valence-electron chi connectivity index (χ4n) is 1.87. The van der Waals surface area contributed by atoms with Crippen LogP contribution in [0.25, 0.3) is 0 Å². The van der Waals surface area contributed by atoms with Crippen molar-refractivity contribution in [3.05, 3.63) is 28.5 Å². The zero-order chi connectivity index (χ0) is 14.4. The van der Waals surface area contributed by atoms with E-state index in [1.54, 1.807) is 6.07 Å². The number of rotatable bonds is 6. The van der Waals surface area contributed by atoms with Gasteiger partial charge in [0, 0.05) is 24.3 Å². The molecule has 0 aliphatic carbocycles. The Morgan fingerprint density at radius 2 is 2.05 bits per heavy atom. The summed E-state index contributed by atoms with van der Waals surface area (Å²) in [6.45, 7) is 9.72. The first-order chi connectivity index (χ1) is 8.99. The number of nitrogens with zero attached hydrogens (tertiary/aromatic N) is 2. The molecular formula is C15H23ClN2O. The molecule has 0 atom stereocenters. The number of hydrogen-bond donors (Lipinski definition) is 0. The Morgan fingerprint density at radius 1 is 1.37 bits per heavy atom. The molecule has 0 saturated carbocycles. The molecule has 0 saturated heterocycles. The predicted octanol–water partition coefficient (Wildman–Crippen LogP) is 4.12. The highest BCUT2D eigenvalue weighted by molar-refractivity contribution is 6.29. The highest BCUT2D eigenvalue weighted by Crippen LogP contribution is 2.19. The van der Waals surface area contributed by atoms with Crippen LogP contribution in [0, 0.1) is 0 Å². The number of pyridine rings is 1. The van der Waals surface area contributed by atoms with Crippen LogP contribution in [0.3, 0.4) is 0 Å². The molecule has 0 spiro atoms. The summed E-state index contributed by atoms with van der Waals surface area (Å²) < 4.78 is 0. The van der Waals surface area contributed by atoms with Crippen molar-refractivity contribution >= 4 is 17.5 Å². The minimum Gasteiger partial charge on any atom is -0.339 e. The molecular weight excluding hydrogens is 260 g/mol. The van der Waals surface area contributed by atoms with Gasteiger partial charge in [0.15, 0.2) is 0 Å².